The van der Waals surface area contributed by atoms with E-state index >= 15 is 0 Å². The number of rotatable bonds is 5. The van der Waals surface area contributed by atoms with Gasteiger partial charge in [-0.2, -0.15) is 0 Å². The number of benzene rings is 1. The summed E-state index contributed by atoms with van der Waals surface area (Å²) in [6.45, 7) is 2.26. The van der Waals surface area contributed by atoms with Crippen LogP contribution in [-0.2, 0) is 16.6 Å². The van der Waals surface area contributed by atoms with Crippen molar-refractivity contribution in [1.82, 2.24) is 14.8 Å². The number of hydrogen-bond donors (Lipinski definition) is 2. The van der Waals surface area contributed by atoms with Gasteiger partial charge in [-0.25, -0.2) is 4.39 Å². The Hall–Kier alpha value is -2.38. The second-order valence-electron chi connectivity index (χ2n) is 6.60. The van der Waals surface area contributed by atoms with Crippen molar-refractivity contribution in [3.05, 3.63) is 53.1 Å². The molecule has 2 amide bonds. The van der Waals surface area contributed by atoms with Crippen molar-refractivity contribution in [2.45, 2.75) is 18.9 Å². The van der Waals surface area contributed by atoms with Crippen LogP contribution in [0.4, 0.5) is 10.1 Å². The van der Waals surface area contributed by atoms with Gasteiger partial charge in [0, 0.05) is 31.2 Å². The highest BCUT2D eigenvalue weighted by Gasteiger charge is 2.26. The van der Waals surface area contributed by atoms with Crippen LogP contribution in [0.2, 0.25) is 5.02 Å². The Morgan fingerprint density at radius 1 is 1.22 bits per heavy atom. The van der Waals surface area contributed by atoms with Gasteiger partial charge in [-0.05, 0) is 56.3 Å². The van der Waals surface area contributed by atoms with Crippen molar-refractivity contribution in [3.63, 3.8) is 0 Å². The quantitative estimate of drug-likeness (QED) is 0.769. The van der Waals surface area contributed by atoms with Gasteiger partial charge in [-0.1, -0.05) is 11.6 Å². The maximum absolute atomic E-state index is 13.2. The van der Waals surface area contributed by atoms with E-state index < -0.39 is 17.6 Å². The molecule has 0 saturated carbocycles. The topological polar surface area (TPSA) is 66.4 Å². The zero-order valence-corrected chi connectivity index (χ0v) is 15.8. The molecule has 1 aromatic carbocycles. The number of aryl methyl sites for hydroxylation is 1. The van der Waals surface area contributed by atoms with Crippen LogP contribution < -0.4 is 10.6 Å². The number of likely N-dealkylation sites (tertiary alicyclic amines) is 1. The maximum Gasteiger partial charge on any atom is 0.313 e. The number of anilines is 1. The standard InChI is InChI=1S/C19H22ClFN4O2/c1-24-8-4-5-16(24)17(25-9-2-3-10-25)12-22-18(26)19(27)23-13-6-7-15(21)14(20)11-13/h4-8,11,17H,2-3,9-10,12H2,1H3,(H,22,26)(H,23,27). The number of nitrogens with zero attached hydrogens (tertiary/aromatic N) is 2. The highest BCUT2D eigenvalue weighted by molar-refractivity contribution is 6.39. The van der Waals surface area contributed by atoms with Crippen molar-refractivity contribution in [1.29, 1.82) is 0 Å². The average molecular weight is 393 g/mol. The lowest BCUT2D eigenvalue weighted by molar-refractivity contribution is -0.136. The van der Waals surface area contributed by atoms with Gasteiger partial charge in [-0.15, -0.1) is 0 Å². The van der Waals surface area contributed by atoms with Crippen LogP contribution in [0.25, 0.3) is 0 Å². The number of carbonyl (C=O) groups excluding carboxylic acids is 2. The molecule has 0 radical (unpaired) electrons. The normalized spacial score (nSPS) is 15.5. The Kier molecular flexibility index (Phi) is 6.13. The summed E-state index contributed by atoms with van der Waals surface area (Å²) in [6.07, 6.45) is 4.21. The van der Waals surface area contributed by atoms with E-state index in [4.69, 9.17) is 11.6 Å². The smallest absolute Gasteiger partial charge is 0.313 e. The maximum atomic E-state index is 13.2. The van der Waals surface area contributed by atoms with E-state index in [1.54, 1.807) is 0 Å². The molecule has 0 spiro atoms. The van der Waals surface area contributed by atoms with Crippen LogP contribution in [0.1, 0.15) is 24.6 Å². The third kappa shape index (κ3) is 4.67. The first-order valence-corrected chi connectivity index (χ1v) is 9.23. The monoisotopic (exact) mass is 392 g/mol. The molecule has 1 aliphatic rings. The highest BCUT2D eigenvalue weighted by atomic mass is 35.5. The second kappa shape index (κ2) is 8.54. The van der Waals surface area contributed by atoms with Gasteiger partial charge in [0.2, 0.25) is 0 Å². The van der Waals surface area contributed by atoms with E-state index in [1.165, 1.54) is 12.1 Å². The first kappa shape index (κ1) is 19.4. The lowest BCUT2D eigenvalue weighted by Gasteiger charge is -2.28. The fourth-order valence-electron chi connectivity index (χ4n) is 3.33. The Balaban J connectivity index is 1.62. The van der Waals surface area contributed by atoms with Crippen molar-refractivity contribution >= 4 is 29.1 Å². The minimum Gasteiger partial charge on any atom is -0.353 e. The molecule has 8 heteroatoms. The Labute approximate surface area is 162 Å². The minimum atomic E-state index is -0.815. The van der Waals surface area contributed by atoms with E-state index in [9.17, 15) is 14.0 Å². The van der Waals surface area contributed by atoms with Crippen molar-refractivity contribution in [2.75, 3.05) is 25.0 Å². The summed E-state index contributed by atoms with van der Waals surface area (Å²) in [5.41, 5.74) is 1.35. The number of carbonyl (C=O) groups is 2. The number of halogens is 2. The molecule has 0 aliphatic carbocycles. The fraction of sp³-hybridized carbons (Fsp3) is 0.368. The molecular weight excluding hydrogens is 371 g/mol. The molecule has 1 fully saturated rings. The van der Waals surface area contributed by atoms with Gasteiger partial charge in [0.25, 0.3) is 0 Å². The number of amides is 2. The molecule has 144 valence electrons. The zero-order valence-electron chi connectivity index (χ0n) is 15.0. The molecule has 0 bridgehead atoms. The van der Waals surface area contributed by atoms with Gasteiger partial charge in [0.05, 0.1) is 11.1 Å². The molecule has 1 atom stereocenters. The Bertz CT molecular complexity index is 833. The van der Waals surface area contributed by atoms with Gasteiger partial charge in [0.1, 0.15) is 5.82 Å². The minimum absolute atomic E-state index is 0.00418. The molecule has 1 aromatic heterocycles. The summed E-state index contributed by atoms with van der Waals surface area (Å²) in [7, 11) is 1.96. The molecule has 1 unspecified atom stereocenters. The predicted molar refractivity (Wildman–Crippen MR) is 102 cm³/mol. The van der Waals surface area contributed by atoms with Crippen LogP contribution in [0.3, 0.4) is 0 Å². The number of aromatic nitrogens is 1. The van der Waals surface area contributed by atoms with E-state index in [2.05, 4.69) is 15.5 Å². The van der Waals surface area contributed by atoms with E-state index in [0.29, 0.717) is 6.54 Å². The molecule has 1 saturated heterocycles. The molecule has 3 rings (SSSR count). The fourth-order valence-corrected chi connectivity index (χ4v) is 3.51. The molecular formula is C19H22ClFN4O2. The van der Waals surface area contributed by atoms with E-state index in [-0.39, 0.29) is 16.8 Å². The average Bonchev–Trinajstić information content (AvgIpc) is 3.31. The Morgan fingerprint density at radius 2 is 1.96 bits per heavy atom. The summed E-state index contributed by atoms with van der Waals surface area (Å²) < 4.78 is 15.2. The molecule has 2 aromatic rings. The van der Waals surface area contributed by atoms with Gasteiger partial charge in [-0.3, -0.25) is 14.5 Å². The molecule has 2 heterocycles. The van der Waals surface area contributed by atoms with Crippen LogP contribution in [0.15, 0.2) is 36.5 Å². The highest BCUT2D eigenvalue weighted by Crippen LogP contribution is 2.24. The largest absolute Gasteiger partial charge is 0.353 e. The summed E-state index contributed by atoms with van der Waals surface area (Å²) in [6, 6.07) is 7.74. The summed E-state index contributed by atoms with van der Waals surface area (Å²) in [5.74, 6) is -2.14. The van der Waals surface area contributed by atoms with Crippen molar-refractivity contribution < 1.29 is 14.0 Å². The zero-order chi connectivity index (χ0) is 19.4. The van der Waals surface area contributed by atoms with E-state index in [1.807, 2.05) is 29.9 Å². The lowest BCUT2D eigenvalue weighted by Crippen LogP contribution is -2.41. The summed E-state index contributed by atoms with van der Waals surface area (Å²) in [4.78, 5) is 26.6. The van der Waals surface area contributed by atoms with Crippen LogP contribution in [0, 0.1) is 5.82 Å². The van der Waals surface area contributed by atoms with Gasteiger partial charge in [0.15, 0.2) is 0 Å². The molecule has 6 nitrogen and oxygen atoms in total. The van der Waals surface area contributed by atoms with Crippen LogP contribution >= 0.6 is 11.6 Å². The lowest BCUT2D eigenvalue weighted by atomic mass is 10.1. The second-order valence-corrected chi connectivity index (χ2v) is 7.00. The molecule has 2 N–H and O–H groups in total. The van der Waals surface area contributed by atoms with Gasteiger partial charge < -0.3 is 15.2 Å². The number of hydrogen-bond acceptors (Lipinski definition) is 3. The number of nitrogens with one attached hydrogen (secondary N) is 2. The third-order valence-corrected chi connectivity index (χ3v) is 5.04. The summed E-state index contributed by atoms with van der Waals surface area (Å²) >= 11 is 5.69. The van der Waals surface area contributed by atoms with Crippen molar-refractivity contribution in [3.8, 4) is 0 Å². The first-order valence-electron chi connectivity index (χ1n) is 8.85. The van der Waals surface area contributed by atoms with Gasteiger partial charge >= 0.3 is 11.8 Å². The Morgan fingerprint density at radius 3 is 2.59 bits per heavy atom. The van der Waals surface area contributed by atoms with Crippen molar-refractivity contribution in [2.24, 2.45) is 7.05 Å². The SMILES string of the molecule is Cn1cccc1C(CNC(=O)C(=O)Nc1ccc(F)c(Cl)c1)N1CCCC1. The third-order valence-electron chi connectivity index (χ3n) is 4.75. The summed E-state index contributed by atoms with van der Waals surface area (Å²) in [5, 5.41) is 5.02. The van der Waals surface area contributed by atoms with E-state index in [0.717, 1.165) is 37.7 Å². The molecule has 27 heavy (non-hydrogen) atoms. The first-order chi connectivity index (χ1) is 13.0. The molecule has 1 aliphatic heterocycles. The van der Waals surface area contributed by atoms with Crippen LogP contribution in [0.5, 0.6) is 0 Å². The van der Waals surface area contributed by atoms with Crippen LogP contribution in [-0.4, -0.2) is 40.9 Å². The predicted octanol–water partition coefficient (Wildman–Crippen LogP) is 2.71.